The predicted octanol–water partition coefficient (Wildman–Crippen LogP) is 1.76. The molecule has 0 saturated heterocycles. The Labute approximate surface area is 88.4 Å². The highest BCUT2D eigenvalue weighted by molar-refractivity contribution is 7.80. The van der Waals surface area contributed by atoms with E-state index >= 15 is 0 Å². The second kappa shape index (κ2) is 4.19. The van der Waals surface area contributed by atoms with Crippen LogP contribution in [0.3, 0.4) is 0 Å². The Hall–Kier alpha value is -1.42. The van der Waals surface area contributed by atoms with Crippen LogP contribution in [0.1, 0.15) is 6.42 Å². The molecule has 0 saturated carbocycles. The fourth-order valence-electron chi connectivity index (χ4n) is 1.26. The summed E-state index contributed by atoms with van der Waals surface area (Å²) >= 11 is 5.20. The number of para-hydroxylation sites is 1. The van der Waals surface area contributed by atoms with E-state index in [9.17, 15) is 0 Å². The summed E-state index contributed by atoms with van der Waals surface area (Å²) in [6.45, 7) is 0.853. The second-order valence-electron chi connectivity index (χ2n) is 2.97. The van der Waals surface area contributed by atoms with Crippen LogP contribution in [0.2, 0.25) is 0 Å². The molecular formula is C10H11N3S. The first kappa shape index (κ1) is 9.15. The van der Waals surface area contributed by atoms with Gasteiger partial charge in [-0.15, -0.1) is 0 Å². The van der Waals surface area contributed by atoms with E-state index in [0.717, 1.165) is 18.7 Å². The van der Waals surface area contributed by atoms with Crippen LogP contribution in [-0.4, -0.2) is 17.9 Å². The van der Waals surface area contributed by atoms with E-state index in [-0.39, 0.29) is 0 Å². The number of hydrogen-bond donors (Lipinski definition) is 1. The molecule has 4 heteroatoms. The van der Waals surface area contributed by atoms with Crippen molar-refractivity contribution < 1.29 is 0 Å². The molecule has 0 atom stereocenters. The molecule has 72 valence electrons. The largest absolute Gasteiger partial charge is 0.360 e. The second-order valence-corrected chi connectivity index (χ2v) is 3.35. The Balaban J connectivity index is 2.28. The number of thiocarbonyl (C=S) groups is 1. The van der Waals surface area contributed by atoms with Gasteiger partial charge >= 0.3 is 0 Å². The van der Waals surface area contributed by atoms with Crippen LogP contribution < -0.4 is 10.3 Å². The van der Waals surface area contributed by atoms with Crippen LogP contribution in [0.15, 0.2) is 35.4 Å². The maximum absolute atomic E-state index is 5.20. The van der Waals surface area contributed by atoms with Gasteiger partial charge in [0.1, 0.15) is 0 Å². The van der Waals surface area contributed by atoms with Crippen LogP contribution in [0.25, 0.3) is 0 Å². The zero-order valence-electron chi connectivity index (χ0n) is 7.68. The van der Waals surface area contributed by atoms with Gasteiger partial charge < -0.3 is 5.32 Å². The summed E-state index contributed by atoms with van der Waals surface area (Å²) in [5.41, 5.74) is 0.989. The highest BCUT2D eigenvalue weighted by Gasteiger charge is 2.11. The number of nitrogens with one attached hydrogen (secondary N) is 1. The number of hydrogen-bond acceptors (Lipinski definition) is 2. The molecule has 1 heterocycles. The summed E-state index contributed by atoms with van der Waals surface area (Å²) in [5.74, 6) is 0. The zero-order valence-corrected chi connectivity index (χ0v) is 8.50. The van der Waals surface area contributed by atoms with Crippen molar-refractivity contribution in [2.45, 2.75) is 6.42 Å². The van der Waals surface area contributed by atoms with Gasteiger partial charge in [0.25, 0.3) is 0 Å². The smallest absolute Gasteiger partial charge is 0.194 e. The van der Waals surface area contributed by atoms with E-state index < -0.39 is 0 Å². The first-order chi connectivity index (χ1) is 6.88. The van der Waals surface area contributed by atoms with E-state index in [0.29, 0.717) is 5.11 Å². The zero-order chi connectivity index (χ0) is 9.80. The Morgan fingerprint density at radius 1 is 1.29 bits per heavy atom. The molecule has 0 amide bonds. The van der Waals surface area contributed by atoms with E-state index in [2.05, 4.69) is 10.4 Å². The van der Waals surface area contributed by atoms with Crippen LogP contribution in [0.4, 0.5) is 5.69 Å². The summed E-state index contributed by atoms with van der Waals surface area (Å²) in [6.07, 6.45) is 2.78. The van der Waals surface area contributed by atoms with Crippen LogP contribution in [-0.2, 0) is 0 Å². The molecule has 1 N–H and O–H groups in total. The summed E-state index contributed by atoms with van der Waals surface area (Å²) in [5, 5.41) is 9.80. The van der Waals surface area contributed by atoms with Crippen molar-refractivity contribution in [2.75, 3.05) is 11.6 Å². The lowest BCUT2D eigenvalue weighted by Gasteiger charge is -2.18. The first-order valence-corrected chi connectivity index (χ1v) is 4.94. The quantitative estimate of drug-likeness (QED) is 0.708. The summed E-state index contributed by atoms with van der Waals surface area (Å²) in [4.78, 5) is 0. The SMILES string of the molecule is S=C1NCCC=NN1c1ccccc1. The molecule has 0 aliphatic carbocycles. The van der Waals surface area contributed by atoms with Crippen LogP contribution >= 0.6 is 12.2 Å². The topological polar surface area (TPSA) is 27.6 Å². The maximum atomic E-state index is 5.20. The van der Waals surface area contributed by atoms with Crippen LogP contribution in [0.5, 0.6) is 0 Å². The van der Waals surface area contributed by atoms with E-state index in [1.165, 1.54) is 0 Å². The van der Waals surface area contributed by atoms with Crippen molar-refractivity contribution in [3.05, 3.63) is 30.3 Å². The Morgan fingerprint density at radius 3 is 2.86 bits per heavy atom. The maximum Gasteiger partial charge on any atom is 0.194 e. The average Bonchev–Trinajstić information content (AvgIpc) is 2.44. The lowest BCUT2D eigenvalue weighted by Crippen LogP contribution is -2.34. The molecule has 0 radical (unpaired) electrons. The van der Waals surface area contributed by atoms with Gasteiger partial charge in [-0.2, -0.15) is 5.10 Å². The van der Waals surface area contributed by atoms with Gasteiger partial charge in [0.2, 0.25) is 0 Å². The van der Waals surface area contributed by atoms with E-state index in [1.54, 1.807) is 5.01 Å². The summed E-state index contributed by atoms with van der Waals surface area (Å²) in [6, 6.07) is 9.88. The molecule has 0 bridgehead atoms. The summed E-state index contributed by atoms with van der Waals surface area (Å²) < 4.78 is 0. The van der Waals surface area contributed by atoms with Crippen molar-refractivity contribution in [2.24, 2.45) is 5.10 Å². The molecule has 3 nitrogen and oxygen atoms in total. The number of anilines is 1. The van der Waals surface area contributed by atoms with E-state index in [4.69, 9.17) is 12.2 Å². The number of nitrogens with zero attached hydrogens (tertiary/aromatic N) is 2. The third kappa shape index (κ3) is 1.90. The fourth-order valence-corrected chi connectivity index (χ4v) is 1.52. The van der Waals surface area contributed by atoms with E-state index in [1.807, 2.05) is 36.5 Å². The third-order valence-electron chi connectivity index (χ3n) is 1.94. The molecule has 1 aromatic carbocycles. The Morgan fingerprint density at radius 2 is 2.07 bits per heavy atom. The van der Waals surface area contributed by atoms with Crippen molar-refractivity contribution >= 4 is 29.2 Å². The number of hydrazone groups is 1. The van der Waals surface area contributed by atoms with Gasteiger partial charge in [-0.25, -0.2) is 5.01 Å². The Kier molecular flexibility index (Phi) is 2.74. The highest BCUT2D eigenvalue weighted by atomic mass is 32.1. The molecule has 14 heavy (non-hydrogen) atoms. The molecular weight excluding hydrogens is 194 g/mol. The van der Waals surface area contributed by atoms with Crippen molar-refractivity contribution in [3.8, 4) is 0 Å². The summed E-state index contributed by atoms with van der Waals surface area (Å²) in [7, 11) is 0. The van der Waals surface area contributed by atoms with Crippen molar-refractivity contribution in [3.63, 3.8) is 0 Å². The molecule has 0 aromatic heterocycles. The number of rotatable bonds is 1. The molecule has 1 aromatic rings. The molecule has 1 aliphatic rings. The first-order valence-electron chi connectivity index (χ1n) is 4.53. The van der Waals surface area contributed by atoms with Gasteiger partial charge in [-0.1, -0.05) is 18.2 Å². The molecule has 0 spiro atoms. The minimum atomic E-state index is 0.657. The van der Waals surface area contributed by atoms with Crippen molar-refractivity contribution in [1.82, 2.24) is 5.32 Å². The minimum Gasteiger partial charge on any atom is -0.360 e. The fraction of sp³-hybridized carbons (Fsp3) is 0.200. The number of benzene rings is 1. The standard InChI is InChI=1S/C10H11N3S/c14-10-11-7-4-8-12-13(10)9-5-2-1-3-6-9/h1-3,5-6,8H,4,7H2,(H,11,14). The minimum absolute atomic E-state index is 0.657. The molecule has 0 unspecified atom stereocenters. The Bertz CT molecular complexity index is 348. The highest BCUT2D eigenvalue weighted by Crippen LogP contribution is 2.14. The van der Waals surface area contributed by atoms with Gasteiger partial charge in [-0.3, -0.25) is 0 Å². The van der Waals surface area contributed by atoms with Gasteiger partial charge in [0.05, 0.1) is 5.69 Å². The molecule has 0 fully saturated rings. The lowest BCUT2D eigenvalue weighted by atomic mass is 10.3. The average molecular weight is 205 g/mol. The van der Waals surface area contributed by atoms with Crippen molar-refractivity contribution in [1.29, 1.82) is 0 Å². The monoisotopic (exact) mass is 205 g/mol. The third-order valence-corrected chi connectivity index (χ3v) is 2.26. The van der Waals surface area contributed by atoms with Gasteiger partial charge in [0, 0.05) is 19.2 Å². The van der Waals surface area contributed by atoms with Gasteiger partial charge in [-0.05, 0) is 24.4 Å². The normalized spacial score (nSPS) is 16.3. The molecule has 1 aliphatic heterocycles. The lowest BCUT2D eigenvalue weighted by molar-refractivity contribution is 0.929. The molecule has 2 rings (SSSR count). The van der Waals surface area contributed by atoms with Gasteiger partial charge in [0.15, 0.2) is 5.11 Å². The van der Waals surface area contributed by atoms with Crippen LogP contribution in [0, 0.1) is 0 Å². The predicted molar refractivity (Wildman–Crippen MR) is 62.6 cm³/mol.